The maximum Gasteiger partial charge on any atom is 0.411 e. The van der Waals surface area contributed by atoms with Crippen molar-refractivity contribution in [2.75, 3.05) is 0 Å². The Morgan fingerprint density at radius 2 is 0.683 bits per heavy atom. The largest absolute Gasteiger partial charge is 0.411 e. The van der Waals surface area contributed by atoms with Gasteiger partial charge >= 0.3 is 12.4 Å². The van der Waals surface area contributed by atoms with E-state index in [-0.39, 0.29) is 11.0 Å². The molecular formula is C60H38F14N8. The van der Waals surface area contributed by atoms with Gasteiger partial charge in [-0.3, -0.25) is 0 Å². The molecule has 4 aromatic heterocycles. The van der Waals surface area contributed by atoms with E-state index in [1.54, 1.807) is 25.1 Å². The zero-order chi connectivity index (χ0) is 58.5. The van der Waals surface area contributed by atoms with Crippen LogP contribution in [0.3, 0.4) is 0 Å². The van der Waals surface area contributed by atoms with Crippen LogP contribution in [-0.2, 0) is 11.8 Å². The zero-order valence-electron chi connectivity index (χ0n) is 42.8. The molecule has 0 atom stereocenters. The minimum absolute atomic E-state index is 0.223. The van der Waals surface area contributed by atoms with E-state index in [1.165, 1.54) is 30.3 Å². The molecule has 4 heterocycles. The highest BCUT2D eigenvalue weighted by Crippen LogP contribution is 2.56. The van der Waals surface area contributed by atoms with Crippen LogP contribution in [0, 0.1) is 74.2 Å². The van der Waals surface area contributed by atoms with E-state index in [4.69, 9.17) is 0 Å². The molecule has 0 spiro atoms. The first-order valence-corrected chi connectivity index (χ1v) is 24.7. The topological polar surface area (TPSA) is 115 Å². The molecule has 0 radical (unpaired) electrons. The Bertz CT molecular complexity index is 4420. The summed E-state index contributed by atoms with van der Waals surface area (Å²) in [5.74, 6) is -14.0. The van der Waals surface area contributed by atoms with Gasteiger partial charge in [-0.25, -0.2) is 55.1 Å². The number of H-pyrrole nitrogens is 4. The first kappa shape index (κ1) is 54.6. The van der Waals surface area contributed by atoms with Crippen molar-refractivity contribution >= 4 is 44.1 Å². The number of hydrogen-bond acceptors (Lipinski definition) is 4. The van der Waals surface area contributed by atoms with Crippen molar-refractivity contribution in [3.05, 3.63) is 213 Å². The first-order chi connectivity index (χ1) is 38.8. The van der Waals surface area contributed by atoms with Gasteiger partial charge < -0.3 is 19.9 Å². The summed E-state index contributed by atoms with van der Waals surface area (Å²) in [6, 6.07) is 30.2. The number of alkyl halides is 6. The third-order valence-corrected chi connectivity index (χ3v) is 14.3. The Balaban J connectivity index is 0.000000172. The van der Waals surface area contributed by atoms with Crippen LogP contribution in [0.1, 0.15) is 45.0 Å². The molecule has 0 saturated heterocycles. The fourth-order valence-electron chi connectivity index (χ4n) is 10.1. The quantitative estimate of drug-likeness (QED) is 0.0896. The van der Waals surface area contributed by atoms with Gasteiger partial charge in [0.2, 0.25) is 5.41 Å². The van der Waals surface area contributed by atoms with Crippen molar-refractivity contribution in [1.29, 1.82) is 0 Å². The normalized spacial score (nSPS) is 12.3. The van der Waals surface area contributed by atoms with E-state index in [9.17, 15) is 43.9 Å². The lowest BCUT2D eigenvalue weighted by atomic mass is 9.72. The van der Waals surface area contributed by atoms with Crippen molar-refractivity contribution in [3.63, 3.8) is 0 Å². The monoisotopic (exact) mass is 1140 g/mol. The SMILES string of the molecule is Cc1ccc(C(c2ccc(-c3nc4ccc(-c5ccc6nc(C)[nH]c6c5)cc4[nH]3)cc2)(C(F)(F)F)C(F)(F)F)cc1.Cc1nc2ccc(-c3ccc4nc(-c5c(F)c(F)c(Cc6c(F)c(F)c(C)c(F)c6F)c(F)c5F)[nH]c4c3)cc2[nH]1. The van der Waals surface area contributed by atoms with Crippen molar-refractivity contribution < 1.29 is 61.5 Å². The highest BCUT2D eigenvalue weighted by atomic mass is 19.4. The maximum absolute atomic E-state index is 15.2. The van der Waals surface area contributed by atoms with Gasteiger partial charge in [0.25, 0.3) is 0 Å². The summed E-state index contributed by atoms with van der Waals surface area (Å²) < 4.78 is 203. The molecule has 0 unspecified atom stereocenters. The minimum atomic E-state index is -5.64. The Labute approximate surface area is 454 Å². The first-order valence-electron chi connectivity index (χ1n) is 24.7. The molecular weight excluding hydrogens is 1100 g/mol. The van der Waals surface area contributed by atoms with Crippen LogP contribution in [0.2, 0.25) is 0 Å². The predicted octanol–water partition coefficient (Wildman–Crippen LogP) is 16.9. The molecule has 0 bridgehead atoms. The van der Waals surface area contributed by atoms with Gasteiger partial charge in [-0.05, 0) is 110 Å². The summed E-state index contributed by atoms with van der Waals surface area (Å²) in [4.78, 5) is 29.4. The molecule has 22 heteroatoms. The number of nitrogens with zero attached hydrogens (tertiary/aromatic N) is 4. The van der Waals surface area contributed by atoms with Crippen LogP contribution in [-0.4, -0.2) is 52.2 Å². The Hall–Kier alpha value is -9.34. The number of aromatic amines is 4. The minimum Gasteiger partial charge on any atom is -0.342 e. The molecule has 8 nitrogen and oxygen atoms in total. The third-order valence-electron chi connectivity index (χ3n) is 14.3. The highest BCUT2D eigenvalue weighted by molar-refractivity contribution is 5.89. The van der Waals surface area contributed by atoms with Gasteiger partial charge in [-0.1, -0.05) is 78.4 Å². The summed E-state index contributed by atoms with van der Waals surface area (Å²) in [5, 5.41) is 0. The number of rotatable bonds is 8. The van der Waals surface area contributed by atoms with Gasteiger partial charge in [0.05, 0.1) is 49.7 Å². The molecule has 8 aromatic carbocycles. The fraction of sp³-hybridized carbons (Fsp3) is 0.133. The van der Waals surface area contributed by atoms with Crippen molar-refractivity contribution in [3.8, 4) is 45.0 Å². The van der Waals surface area contributed by atoms with Crippen LogP contribution < -0.4 is 0 Å². The molecule has 0 fully saturated rings. The number of halogens is 14. The summed E-state index contributed by atoms with van der Waals surface area (Å²) >= 11 is 0. The molecule has 0 aliphatic rings. The second-order valence-corrected chi connectivity index (χ2v) is 19.6. The number of nitrogens with one attached hydrogen (secondary N) is 4. The molecule has 82 heavy (non-hydrogen) atoms. The van der Waals surface area contributed by atoms with Crippen molar-refractivity contribution in [2.45, 2.75) is 51.9 Å². The van der Waals surface area contributed by atoms with Gasteiger partial charge in [0.1, 0.15) is 23.3 Å². The third kappa shape index (κ3) is 9.24. The fourth-order valence-corrected chi connectivity index (χ4v) is 10.1. The molecule has 0 aliphatic heterocycles. The Morgan fingerprint density at radius 1 is 0.354 bits per heavy atom. The summed E-state index contributed by atoms with van der Waals surface area (Å²) in [5.41, 5.74) is -1.79. The van der Waals surface area contributed by atoms with Gasteiger partial charge in [-0.2, -0.15) is 26.3 Å². The maximum atomic E-state index is 15.2. The zero-order valence-corrected chi connectivity index (χ0v) is 42.8. The summed E-state index contributed by atoms with van der Waals surface area (Å²) in [6.45, 7) is 6.04. The number of aryl methyl sites for hydroxylation is 3. The smallest absolute Gasteiger partial charge is 0.342 e. The lowest BCUT2D eigenvalue weighted by molar-refractivity contribution is -0.288. The van der Waals surface area contributed by atoms with Gasteiger partial charge in [-0.15, -0.1) is 0 Å². The number of aromatic nitrogens is 8. The van der Waals surface area contributed by atoms with E-state index in [1.807, 2.05) is 62.4 Å². The summed E-state index contributed by atoms with van der Waals surface area (Å²) in [6.07, 6.45) is -12.8. The van der Waals surface area contributed by atoms with E-state index >= 15 is 17.6 Å². The summed E-state index contributed by atoms with van der Waals surface area (Å²) in [7, 11) is 0. The number of benzene rings is 8. The van der Waals surface area contributed by atoms with Gasteiger partial charge in [0, 0.05) is 28.7 Å². The van der Waals surface area contributed by atoms with Crippen LogP contribution in [0.25, 0.3) is 89.2 Å². The highest BCUT2D eigenvalue weighted by Gasteiger charge is 2.72. The van der Waals surface area contributed by atoms with Crippen molar-refractivity contribution in [2.24, 2.45) is 0 Å². The molecule has 0 amide bonds. The number of imidazole rings is 4. The van der Waals surface area contributed by atoms with Crippen LogP contribution in [0.15, 0.2) is 121 Å². The van der Waals surface area contributed by atoms with E-state index in [2.05, 4.69) is 39.9 Å². The number of fused-ring (bicyclic) bond motifs is 4. The van der Waals surface area contributed by atoms with Gasteiger partial charge in [0.15, 0.2) is 46.5 Å². The molecule has 0 saturated carbocycles. The Morgan fingerprint density at radius 3 is 1.09 bits per heavy atom. The van der Waals surface area contributed by atoms with E-state index < -0.39 is 110 Å². The van der Waals surface area contributed by atoms with Crippen LogP contribution in [0.5, 0.6) is 0 Å². The Kier molecular flexibility index (Phi) is 13.3. The van der Waals surface area contributed by atoms with Crippen molar-refractivity contribution in [1.82, 2.24) is 39.9 Å². The predicted molar refractivity (Wildman–Crippen MR) is 280 cm³/mol. The van der Waals surface area contributed by atoms with Crippen LogP contribution >= 0.6 is 0 Å². The standard InChI is InChI=1S/C31H22F6N4.C29H16F8N4/c1-17-3-9-22(10-4-17)29(30(32,33)34,31(35,36)37)23-11-5-19(6-12-23)28-40-25-14-8-21(16-27(25)41-28)20-7-13-24-26(15-20)39-18(2)38-24;1-10-21(30)23(32)14(24(33)22(10)31)9-15-25(34)27(36)20(28(37)26(15)35)29-40-17-6-4-13(8-19(17)41-29)12-3-5-16-18(7-12)39-11(2)38-16/h3-16H,1-2H3,(H,38,39)(H,40,41);3-8H,9H2,1-2H3,(H,38,39)(H,40,41). The van der Waals surface area contributed by atoms with E-state index in [0.29, 0.717) is 33.5 Å². The lowest BCUT2D eigenvalue weighted by Gasteiger charge is -2.38. The molecule has 416 valence electrons. The second-order valence-electron chi connectivity index (χ2n) is 19.6. The lowest BCUT2D eigenvalue weighted by Crippen LogP contribution is -2.54. The molecule has 12 aromatic rings. The molecule has 0 aliphatic carbocycles. The van der Waals surface area contributed by atoms with Crippen LogP contribution in [0.4, 0.5) is 61.5 Å². The second kappa shape index (κ2) is 20.0. The average Bonchev–Trinajstić information content (AvgIpc) is 4.03. The molecule has 12 rings (SSSR count). The number of hydrogen-bond donors (Lipinski definition) is 4. The average molecular weight is 1140 g/mol. The molecule has 4 N–H and O–H groups in total. The van der Waals surface area contributed by atoms with E-state index in [0.717, 1.165) is 81.6 Å².